The molecule has 1 N–H and O–H groups in total. The molecule has 0 atom stereocenters. The molecule has 4 aromatic rings. The number of hydrogen-bond acceptors (Lipinski definition) is 4. The monoisotopic (exact) mass is 454 g/mol. The number of aromatic nitrogens is 5. The molecule has 10 heteroatoms. The lowest BCUT2D eigenvalue weighted by Gasteiger charge is -2.09. The van der Waals surface area contributed by atoms with Crippen LogP contribution in [0.15, 0.2) is 54.9 Å². The summed E-state index contributed by atoms with van der Waals surface area (Å²) in [5, 5.41) is 11.6. The van der Waals surface area contributed by atoms with Crippen LogP contribution in [0.3, 0.4) is 0 Å². The highest BCUT2D eigenvalue weighted by Gasteiger charge is 2.31. The number of hydrogen-bond donors (Lipinski definition) is 1. The Morgan fingerprint density at radius 2 is 1.70 bits per heavy atom. The third-order valence-corrected chi connectivity index (χ3v) is 5.41. The van der Waals surface area contributed by atoms with Crippen molar-refractivity contribution >= 4 is 5.91 Å². The third-order valence-electron chi connectivity index (χ3n) is 5.41. The van der Waals surface area contributed by atoms with Crippen LogP contribution in [-0.4, -0.2) is 30.5 Å². The van der Waals surface area contributed by atoms with Gasteiger partial charge in [0.15, 0.2) is 5.82 Å². The Balaban J connectivity index is 1.51. The normalized spacial score (nSPS) is 11.6. The molecular weight excluding hydrogens is 433 g/mol. The van der Waals surface area contributed by atoms with Crippen LogP contribution in [0.5, 0.6) is 0 Å². The van der Waals surface area contributed by atoms with E-state index in [1.165, 1.54) is 16.9 Å². The lowest BCUT2D eigenvalue weighted by molar-refractivity contribution is -0.137. The maximum Gasteiger partial charge on any atom is 0.417 e. The zero-order valence-corrected chi connectivity index (χ0v) is 18.2. The van der Waals surface area contributed by atoms with Crippen molar-refractivity contribution in [3.05, 3.63) is 88.6 Å². The zero-order valence-electron chi connectivity index (χ0n) is 18.2. The number of pyridine rings is 1. The fourth-order valence-corrected chi connectivity index (χ4v) is 3.56. The van der Waals surface area contributed by atoms with E-state index in [2.05, 4.69) is 20.5 Å². The van der Waals surface area contributed by atoms with Gasteiger partial charge in [-0.2, -0.15) is 23.4 Å². The van der Waals surface area contributed by atoms with Gasteiger partial charge >= 0.3 is 6.18 Å². The van der Waals surface area contributed by atoms with Crippen molar-refractivity contribution in [1.29, 1.82) is 0 Å². The minimum absolute atomic E-state index is 0.190. The van der Waals surface area contributed by atoms with E-state index in [0.29, 0.717) is 11.3 Å². The van der Waals surface area contributed by atoms with E-state index >= 15 is 0 Å². The van der Waals surface area contributed by atoms with E-state index in [9.17, 15) is 18.0 Å². The maximum absolute atomic E-state index is 12.8. The van der Waals surface area contributed by atoms with Crippen LogP contribution in [-0.2, 0) is 12.7 Å². The van der Waals surface area contributed by atoms with Crippen LogP contribution in [0.4, 0.5) is 13.2 Å². The molecule has 33 heavy (non-hydrogen) atoms. The van der Waals surface area contributed by atoms with Crippen LogP contribution >= 0.6 is 0 Å². The number of carbonyl (C=O) groups is 1. The molecule has 1 aromatic carbocycles. The first kappa shape index (κ1) is 22.3. The summed E-state index contributed by atoms with van der Waals surface area (Å²) in [6.07, 6.45) is -2.36. The van der Waals surface area contributed by atoms with Gasteiger partial charge in [0.2, 0.25) is 0 Å². The molecule has 4 rings (SSSR count). The van der Waals surface area contributed by atoms with E-state index < -0.39 is 11.7 Å². The number of alkyl halides is 3. The molecule has 0 bridgehead atoms. The molecule has 0 aliphatic rings. The van der Waals surface area contributed by atoms with Gasteiger partial charge in [0.25, 0.3) is 5.91 Å². The fourth-order valence-electron chi connectivity index (χ4n) is 3.56. The number of para-hydroxylation sites is 1. The topological polar surface area (TPSA) is 77.6 Å². The highest BCUT2D eigenvalue weighted by molar-refractivity contribution is 5.95. The summed E-state index contributed by atoms with van der Waals surface area (Å²) in [4.78, 5) is 16.6. The predicted molar refractivity (Wildman–Crippen MR) is 115 cm³/mol. The lowest BCUT2D eigenvalue weighted by Crippen LogP contribution is -2.24. The van der Waals surface area contributed by atoms with Crippen molar-refractivity contribution in [3.63, 3.8) is 0 Å². The smallest absolute Gasteiger partial charge is 0.348 e. The van der Waals surface area contributed by atoms with Crippen molar-refractivity contribution in [1.82, 2.24) is 29.9 Å². The molecule has 0 aliphatic carbocycles. The molecule has 0 aliphatic heterocycles. The van der Waals surface area contributed by atoms with Crippen LogP contribution in [0.2, 0.25) is 0 Å². The molecular formula is C23H21F3N6O. The van der Waals surface area contributed by atoms with Gasteiger partial charge in [-0.15, -0.1) is 0 Å². The summed E-state index contributed by atoms with van der Waals surface area (Å²) >= 11 is 0. The minimum Gasteiger partial charge on any atom is -0.348 e. The van der Waals surface area contributed by atoms with Gasteiger partial charge in [0.1, 0.15) is 0 Å². The Morgan fingerprint density at radius 1 is 0.970 bits per heavy atom. The number of halogens is 3. The quantitative estimate of drug-likeness (QED) is 0.487. The summed E-state index contributed by atoms with van der Waals surface area (Å²) in [5.74, 6) is -0.160. The molecule has 0 spiro atoms. The second-order valence-electron chi connectivity index (χ2n) is 7.54. The van der Waals surface area contributed by atoms with Crippen LogP contribution in [0.25, 0.3) is 11.5 Å². The SMILES string of the molecule is Cc1nn(-c2ccccc2)c(C)c1CNC(=O)c1cnn(-c2ccc(C(F)(F)F)cn2)c1C. The molecule has 3 aromatic heterocycles. The molecule has 170 valence electrons. The maximum atomic E-state index is 12.8. The molecule has 0 radical (unpaired) electrons. The molecule has 7 nitrogen and oxygen atoms in total. The van der Waals surface area contributed by atoms with E-state index in [1.54, 1.807) is 6.92 Å². The van der Waals surface area contributed by atoms with Gasteiger partial charge in [-0.3, -0.25) is 4.79 Å². The van der Waals surface area contributed by atoms with Crippen molar-refractivity contribution in [3.8, 4) is 11.5 Å². The zero-order chi connectivity index (χ0) is 23.8. The lowest BCUT2D eigenvalue weighted by atomic mass is 10.2. The summed E-state index contributed by atoms with van der Waals surface area (Å²) in [7, 11) is 0. The standard InChI is InChI=1S/C23H21F3N6O/c1-14-19(15(2)31(30-14)18-7-5-4-6-8-18)12-28-22(33)20-13-29-32(16(20)3)21-10-9-17(11-27-21)23(24,25)26/h4-11,13H,12H2,1-3H3,(H,28,33). The van der Waals surface area contributed by atoms with E-state index in [0.717, 1.165) is 34.9 Å². The molecule has 0 saturated heterocycles. The Hall–Kier alpha value is -3.95. The second-order valence-corrected chi connectivity index (χ2v) is 7.54. The van der Waals surface area contributed by atoms with Gasteiger partial charge in [-0.1, -0.05) is 18.2 Å². The molecule has 0 saturated carbocycles. The van der Waals surface area contributed by atoms with Crippen LogP contribution in [0.1, 0.15) is 38.6 Å². The fraction of sp³-hybridized carbons (Fsp3) is 0.217. The summed E-state index contributed by atoms with van der Waals surface area (Å²) in [5.41, 5.74) is 3.48. The van der Waals surface area contributed by atoms with E-state index in [1.807, 2.05) is 48.9 Å². The molecule has 3 heterocycles. The summed E-state index contributed by atoms with van der Waals surface area (Å²) in [6, 6.07) is 11.8. The number of carbonyl (C=O) groups excluding carboxylic acids is 1. The Bertz CT molecular complexity index is 1290. The molecule has 1 amide bonds. The summed E-state index contributed by atoms with van der Waals surface area (Å²) < 4.78 is 41.5. The number of aryl methyl sites for hydroxylation is 1. The number of nitrogens with zero attached hydrogens (tertiary/aromatic N) is 5. The predicted octanol–water partition coefficient (Wildman–Crippen LogP) is 4.33. The summed E-state index contributed by atoms with van der Waals surface area (Å²) in [6.45, 7) is 5.75. The number of benzene rings is 1. The van der Waals surface area contributed by atoms with Gasteiger partial charge in [-0.25, -0.2) is 14.3 Å². The van der Waals surface area contributed by atoms with Crippen molar-refractivity contribution in [2.75, 3.05) is 0 Å². The van der Waals surface area contributed by atoms with Gasteiger partial charge < -0.3 is 5.32 Å². The largest absolute Gasteiger partial charge is 0.417 e. The van der Waals surface area contributed by atoms with Gasteiger partial charge in [0, 0.05) is 24.0 Å². The molecule has 0 unspecified atom stereocenters. The highest BCUT2D eigenvalue weighted by Crippen LogP contribution is 2.29. The van der Waals surface area contributed by atoms with Gasteiger partial charge in [-0.05, 0) is 45.0 Å². The third kappa shape index (κ3) is 4.36. The Labute approximate surface area is 187 Å². The number of rotatable bonds is 5. The number of amides is 1. The van der Waals surface area contributed by atoms with Gasteiger partial charge in [0.05, 0.1) is 34.4 Å². The molecule has 0 fully saturated rings. The Morgan fingerprint density at radius 3 is 2.33 bits per heavy atom. The second kappa shape index (κ2) is 8.53. The number of nitrogens with one attached hydrogen (secondary N) is 1. The average molecular weight is 454 g/mol. The van der Waals surface area contributed by atoms with Crippen LogP contribution < -0.4 is 5.32 Å². The minimum atomic E-state index is -4.47. The Kier molecular flexibility index (Phi) is 5.75. The van der Waals surface area contributed by atoms with Crippen molar-refractivity contribution in [2.45, 2.75) is 33.5 Å². The van der Waals surface area contributed by atoms with Crippen molar-refractivity contribution in [2.24, 2.45) is 0 Å². The average Bonchev–Trinajstić information content (AvgIpc) is 3.31. The first-order chi connectivity index (χ1) is 15.7. The van der Waals surface area contributed by atoms with Crippen molar-refractivity contribution < 1.29 is 18.0 Å². The van der Waals surface area contributed by atoms with E-state index in [-0.39, 0.29) is 18.3 Å². The highest BCUT2D eigenvalue weighted by atomic mass is 19.4. The van der Waals surface area contributed by atoms with Crippen LogP contribution in [0, 0.1) is 20.8 Å². The van der Waals surface area contributed by atoms with E-state index in [4.69, 9.17) is 0 Å². The first-order valence-corrected chi connectivity index (χ1v) is 10.1. The first-order valence-electron chi connectivity index (χ1n) is 10.1.